The van der Waals surface area contributed by atoms with E-state index in [9.17, 15) is 9.90 Å². The average Bonchev–Trinajstić information content (AvgIpc) is 3.14. The van der Waals surface area contributed by atoms with E-state index in [-0.39, 0.29) is 0 Å². The zero-order valence-corrected chi connectivity index (χ0v) is 15.3. The summed E-state index contributed by atoms with van der Waals surface area (Å²) in [4.78, 5) is 14.1. The molecular formula is C20H29NO4. The Morgan fingerprint density at radius 3 is 2.92 bits per heavy atom. The first-order valence-electron chi connectivity index (χ1n) is 9.34. The number of carbonyl (C=O) groups is 1. The van der Waals surface area contributed by atoms with E-state index in [1.165, 1.54) is 0 Å². The van der Waals surface area contributed by atoms with Gasteiger partial charge >= 0.3 is 5.97 Å². The Balaban J connectivity index is 1.66. The summed E-state index contributed by atoms with van der Waals surface area (Å²) in [5.41, 5.74) is 0.619. The molecule has 1 N–H and O–H groups in total. The maximum Gasteiger partial charge on any atom is 0.311 e. The highest BCUT2D eigenvalue weighted by atomic mass is 16.5. The van der Waals surface area contributed by atoms with E-state index in [0.29, 0.717) is 19.1 Å². The molecule has 5 heteroatoms. The van der Waals surface area contributed by atoms with Crippen LogP contribution < -0.4 is 9.47 Å². The van der Waals surface area contributed by atoms with Gasteiger partial charge in [0.05, 0.1) is 19.1 Å². The standard InChI is InChI=1S/C20H29NO4/c1-3-4-10-25-17-8-7-15(11-18(17)24-2)12-21-13-16-6-5-9-20(16,14-21)19(22)23/h7-8,11,16H,3-6,9-10,12-14H2,1-2H3,(H,22,23)/t16-,20+/m0/s1. The molecule has 0 radical (unpaired) electrons. The van der Waals surface area contributed by atoms with Gasteiger partial charge in [0, 0.05) is 19.6 Å². The molecule has 1 aromatic rings. The quantitative estimate of drug-likeness (QED) is 0.729. The predicted molar refractivity (Wildman–Crippen MR) is 96.1 cm³/mol. The maximum absolute atomic E-state index is 11.8. The van der Waals surface area contributed by atoms with Crippen molar-refractivity contribution in [2.45, 2.75) is 45.6 Å². The SMILES string of the molecule is CCCCOc1ccc(CN2C[C@@H]3CCC[C@@]3(C(=O)O)C2)cc1OC. The minimum absolute atomic E-state index is 0.295. The molecule has 1 heterocycles. The van der Waals surface area contributed by atoms with Crippen molar-refractivity contribution in [1.82, 2.24) is 4.90 Å². The molecule has 0 bridgehead atoms. The van der Waals surface area contributed by atoms with Crippen molar-refractivity contribution in [3.63, 3.8) is 0 Å². The topological polar surface area (TPSA) is 59.0 Å². The molecule has 5 nitrogen and oxygen atoms in total. The molecular weight excluding hydrogens is 318 g/mol. The normalized spacial score (nSPS) is 25.8. The molecule has 0 amide bonds. The van der Waals surface area contributed by atoms with Gasteiger partial charge in [-0.05, 0) is 42.9 Å². The number of hydrogen-bond acceptors (Lipinski definition) is 4. The molecule has 1 aliphatic heterocycles. The van der Waals surface area contributed by atoms with E-state index in [4.69, 9.17) is 9.47 Å². The van der Waals surface area contributed by atoms with Crippen LogP contribution in [-0.2, 0) is 11.3 Å². The average molecular weight is 347 g/mol. The van der Waals surface area contributed by atoms with E-state index in [2.05, 4.69) is 17.9 Å². The number of rotatable bonds is 8. The molecule has 0 spiro atoms. The van der Waals surface area contributed by atoms with Crippen LogP contribution >= 0.6 is 0 Å². The van der Waals surface area contributed by atoms with Crippen LogP contribution in [0.25, 0.3) is 0 Å². The van der Waals surface area contributed by atoms with Crippen molar-refractivity contribution in [3.8, 4) is 11.5 Å². The monoisotopic (exact) mass is 347 g/mol. The first-order valence-corrected chi connectivity index (χ1v) is 9.34. The zero-order chi connectivity index (χ0) is 17.9. The third kappa shape index (κ3) is 3.61. The van der Waals surface area contributed by atoms with E-state index in [1.807, 2.05) is 12.1 Å². The number of methoxy groups -OCH3 is 1. The fourth-order valence-electron chi connectivity index (χ4n) is 4.38. The summed E-state index contributed by atoms with van der Waals surface area (Å²) in [6.07, 6.45) is 5.02. The van der Waals surface area contributed by atoms with Crippen LogP contribution in [0.1, 0.15) is 44.6 Å². The molecule has 2 atom stereocenters. The molecule has 1 saturated carbocycles. The van der Waals surface area contributed by atoms with Crippen molar-refractivity contribution in [2.75, 3.05) is 26.8 Å². The molecule has 25 heavy (non-hydrogen) atoms. The molecule has 138 valence electrons. The number of benzene rings is 1. The van der Waals surface area contributed by atoms with Gasteiger partial charge in [-0.2, -0.15) is 0 Å². The fraction of sp³-hybridized carbons (Fsp3) is 0.650. The van der Waals surface area contributed by atoms with Crippen molar-refractivity contribution in [3.05, 3.63) is 23.8 Å². The van der Waals surface area contributed by atoms with Crippen molar-refractivity contribution in [1.29, 1.82) is 0 Å². The minimum Gasteiger partial charge on any atom is -0.493 e. The molecule has 1 saturated heterocycles. The summed E-state index contributed by atoms with van der Waals surface area (Å²) < 4.78 is 11.3. The Hall–Kier alpha value is -1.75. The third-order valence-corrected chi connectivity index (χ3v) is 5.76. The number of aliphatic carboxylic acids is 1. The van der Waals surface area contributed by atoms with E-state index < -0.39 is 11.4 Å². The van der Waals surface area contributed by atoms with Crippen molar-refractivity contribution >= 4 is 5.97 Å². The van der Waals surface area contributed by atoms with Crippen LogP contribution in [0.3, 0.4) is 0 Å². The molecule has 1 aliphatic carbocycles. The van der Waals surface area contributed by atoms with Gasteiger partial charge in [0.25, 0.3) is 0 Å². The Kier molecular flexibility index (Phi) is 5.52. The lowest BCUT2D eigenvalue weighted by Crippen LogP contribution is -2.35. The highest BCUT2D eigenvalue weighted by Gasteiger charge is 2.54. The lowest BCUT2D eigenvalue weighted by Gasteiger charge is -2.23. The van der Waals surface area contributed by atoms with Crippen LogP contribution in [0.5, 0.6) is 11.5 Å². The largest absolute Gasteiger partial charge is 0.493 e. The summed E-state index contributed by atoms with van der Waals surface area (Å²) in [5, 5.41) is 9.72. The van der Waals surface area contributed by atoms with Crippen LogP contribution in [0.4, 0.5) is 0 Å². The van der Waals surface area contributed by atoms with Gasteiger partial charge in [-0.3, -0.25) is 9.69 Å². The summed E-state index contributed by atoms with van der Waals surface area (Å²) in [5.74, 6) is 1.21. The smallest absolute Gasteiger partial charge is 0.311 e. The van der Waals surface area contributed by atoms with Crippen molar-refractivity contribution < 1.29 is 19.4 Å². The number of fused-ring (bicyclic) bond motifs is 1. The second-order valence-corrected chi connectivity index (χ2v) is 7.41. The van der Waals surface area contributed by atoms with Gasteiger partial charge in [0.15, 0.2) is 11.5 Å². The fourth-order valence-corrected chi connectivity index (χ4v) is 4.38. The third-order valence-electron chi connectivity index (χ3n) is 5.76. The number of hydrogen-bond donors (Lipinski definition) is 1. The number of nitrogens with zero attached hydrogens (tertiary/aromatic N) is 1. The highest BCUT2D eigenvalue weighted by molar-refractivity contribution is 5.76. The van der Waals surface area contributed by atoms with Gasteiger partial charge in [-0.1, -0.05) is 25.8 Å². The summed E-state index contributed by atoms with van der Waals surface area (Å²) in [7, 11) is 1.66. The summed E-state index contributed by atoms with van der Waals surface area (Å²) in [6, 6.07) is 6.04. The van der Waals surface area contributed by atoms with Gasteiger partial charge in [0.2, 0.25) is 0 Å². The Labute approximate surface area is 149 Å². The van der Waals surface area contributed by atoms with Gasteiger partial charge in [-0.15, -0.1) is 0 Å². The van der Waals surface area contributed by atoms with Crippen LogP contribution in [-0.4, -0.2) is 42.8 Å². The number of carboxylic acids is 1. The Morgan fingerprint density at radius 2 is 2.24 bits per heavy atom. The first-order chi connectivity index (χ1) is 12.1. The molecule has 1 aromatic carbocycles. The number of carboxylic acid groups (broad SMARTS) is 1. The number of ether oxygens (including phenoxy) is 2. The van der Waals surface area contributed by atoms with E-state index >= 15 is 0 Å². The second kappa shape index (κ2) is 7.65. The zero-order valence-electron chi connectivity index (χ0n) is 15.3. The summed E-state index contributed by atoms with van der Waals surface area (Å²) in [6.45, 7) is 5.13. The maximum atomic E-state index is 11.8. The highest BCUT2D eigenvalue weighted by Crippen LogP contribution is 2.49. The first kappa shape index (κ1) is 18.1. The minimum atomic E-state index is -0.616. The van der Waals surface area contributed by atoms with E-state index in [1.54, 1.807) is 7.11 Å². The van der Waals surface area contributed by atoms with Crippen LogP contribution in [0.2, 0.25) is 0 Å². The van der Waals surface area contributed by atoms with Crippen molar-refractivity contribution in [2.24, 2.45) is 11.3 Å². The summed E-state index contributed by atoms with van der Waals surface area (Å²) >= 11 is 0. The molecule has 3 rings (SSSR count). The van der Waals surface area contributed by atoms with Crippen LogP contribution in [0.15, 0.2) is 18.2 Å². The van der Waals surface area contributed by atoms with Gasteiger partial charge in [0.1, 0.15) is 0 Å². The number of likely N-dealkylation sites (tertiary alicyclic amines) is 1. The van der Waals surface area contributed by atoms with Gasteiger partial charge < -0.3 is 14.6 Å². The lowest BCUT2D eigenvalue weighted by atomic mass is 9.81. The molecule has 0 unspecified atom stereocenters. The lowest BCUT2D eigenvalue weighted by molar-refractivity contribution is -0.149. The van der Waals surface area contributed by atoms with E-state index in [0.717, 1.165) is 62.3 Å². The molecule has 2 aliphatic rings. The number of unbranched alkanes of at least 4 members (excludes halogenated alkanes) is 1. The molecule has 2 fully saturated rings. The van der Waals surface area contributed by atoms with Crippen LogP contribution in [0, 0.1) is 11.3 Å². The predicted octanol–water partition coefficient (Wildman–Crippen LogP) is 3.56. The Morgan fingerprint density at radius 1 is 1.40 bits per heavy atom. The molecule has 0 aromatic heterocycles. The van der Waals surface area contributed by atoms with Gasteiger partial charge in [-0.25, -0.2) is 0 Å². The second-order valence-electron chi connectivity index (χ2n) is 7.41. The Bertz CT molecular complexity index is 618.